The fraction of sp³-hybridized carbons (Fsp3) is 0.730. The van der Waals surface area contributed by atoms with Gasteiger partial charge in [-0.05, 0) is 96.3 Å². The molecule has 0 heterocycles. The van der Waals surface area contributed by atoms with Crippen LogP contribution in [-0.2, 0) is 28.6 Å². The molecule has 0 N–H and O–H groups in total. The summed E-state index contributed by atoms with van der Waals surface area (Å²) in [6, 6.07) is 0. The molecule has 6 heteroatoms. The fourth-order valence-corrected chi connectivity index (χ4v) is 8.03. The van der Waals surface area contributed by atoms with Gasteiger partial charge in [-0.25, -0.2) is 0 Å². The molecule has 1 unspecified atom stereocenters. The largest absolute Gasteiger partial charge is 0.462 e. The van der Waals surface area contributed by atoms with Crippen molar-refractivity contribution in [3.63, 3.8) is 0 Å². The van der Waals surface area contributed by atoms with Crippen molar-refractivity contribution in [2.45, 2.75) is 284 Å². The Morgan fingerprint density at radius 2 is 0.565 bits per heavy atom. The van der Waals surface area contributed by atoms with Gasteiger partial charge in [0.2, 0.25) is 0 Å². The van der Waals surface area contributed by atoms with Crippen LogP contribution in [0.2, 0.25) is 0 Å². The highest BCUT2D eigenvalue weighted by molar-refractivity contribution is 5.71. The molecule has 0 radical (unpaired) electrons. The fourth-order valence-electron chi connectivity index (χ4n) is 8.03. The summed E-state index contributed by atoms with van der Waals surface area (Å²) in [5, 5.41) is 0. The van der Waals surface area contributed by atoms with E-state index in [-0.39, 0.29) is 31.1 Å². The highest BCUT2D eigenvalue weighted by atomic mass is 16.6. The van der Waals surface area contributed by atoms with Gasteiger partial charge >= 0.3 is 17.9 Å². The average molecular weight is 962 g/mol. The standard InChI is InChI=1S/C63H108O6/c1-4-7-10-13-16-19-22-24-26-28-30-31-33-34-36-38-41-44-47-50-53-56-62(65)68-59-60(58-67-61(64)55-52-49-46-43-40-21-18-15-12-9-6-3)69-63(66)57-54-51-48-45-42-39-37-35-32-29-27-25-23-20-17-14-11-8-5-2/h8,11,17,20,22,24-25,27-28,30,32-35,60H,4-7,9-10,12-16,18-19,21,23,26,29,31,36-59H2,1-3H3/b11-8-,20-17-,24-22-,27-25-,30-28-,34-33-,35-32-. The van der Waals surface area contributed by atoms with E-state index in [9.17, 15) is 14.4 Å². The Labute approximate surface area is 426 Å². The molecule has 69 heavy (non-hydrogen) atoms. The molecule has 1 atom stereocenters. The second-order valence-corrected chi connectivity index (χ2v) is 19.2. The van der Waals surface area contributed by atoms with Crippen LogP contribution in [0.5, 0.6) is 0 Å². The Kier molecular flexibility index (Phi) is 54.3. The highest BCUT2D eigenvalue weighted by Crippen LogP contribution is 2.15. The quantitative estimate of drug-likeness (QED) is 0.0262. The molecule has 396 valence electrons. The van der Waals surface area contributed by atoms with E-state index in [1.54, 1.807) is 0 Å². The predicted octanol–water partition coefficient (Wildman–Crippen LogP) is 19.5. The first kappa shape index (κ1) is 65.6. The van der Waals surface area contributed by atoms with Crippen LogP contribution < -0.4 is 0 Å². The Morgan fingerprint density at radius 3 is 0.884 bits per heavy atom. The van der Waals surface area contributed by atoms with Crippen LogP contribution >= 0.6 is 0 Å². The Balaban J connectivity index is 4.38. The molecule has 0 saturated heterocycles. The first-order chi connectivity index (χ1) is 34.0. The summed E-state index contributed by atoms with van der Waals surface area (Å²) in [4.78, 5) is 38.1. The van der Waals surface area contributed by atoms with E-state index in [1.807, 2.05) is 0 Å². The summed E-state index contributed by atoms with van der Waals surface area (Å²) in [6.07, 6.45) is 74.3. The van der Waals surface area contributed by atoms with Crippen LogP contribution in [0.4, 0.5) is 0 Å². The van der Waals surface area contributed by atoms with Crippen LogP contribution in [0.15, 0.2) is 85.1 Å². The Hall–Kier alpha value is -3.41. The van der Waals surface area contributed by atoms with Gasteiger partial charge in [0.25, 0.3) is 0 Å². The molecule has 0 aliphatic rings. The van der Waals surface area contributed by atoms with Crippen molar-refractivity contribution in [2.75, 3.05) is 13.2 Å². The molecule has 0 bridgehead atoms. The number of ether oxygens (including phenoxy) is 3. The molecule has 0 spiro atoms. The maximum Gasteiger partial charge on any atom is 0.306 e. The maximum atomic E-state index is 12.9. The average Bonchev–Trinajstić information content (AvgIpc) is 3.35. The van der Waals surface area contributed by atoms with E-state index < -0.39 is 6.10 Å². The Morgan fingerprint density at radius 1 is 0.304 bits per heavy atom. The van der Waals surface area contributed by atoms with Crippen LogP contribution in [0.3, 0.4) is 0 Å². The van der Waals surface area contributed by atoms with Crippen molar-refractivity contribution < 1.29 is 28.6 Å². The van der Waals surface area contributed by atoms with Crippen molar-refractivity contribution in [2.24, 2.45) is 0 Å². The van der Waals surface area contributed by atoms with Gasteiger partial charge in [-0.15, -0.1) is 0 Å². The van der Waals surface area contributed by atoms with Gasteiger partial charge in [-0.1, -0.05) is 247 Å². The number of carbonyl (C=O) groups is 3. The lowest BCUT2D eigenvalue weighted by Crippen LogP contribution is -2.30. The van der Waals surface area contributed by atoms with Gasteiger partial charge in [0.15, 0.2) is 6.10 Å². The molecule has 0 aliphatic heterocycles. The molecule has 0 aromatic carbocycles. The SMILES string of the molecule is CC/C=C\C/C=C\C/C=C\C/C=C\CCCCCCCCC(=O)OC(COC(=O)CCCCCCCC/C=C\C/C=C\C/C=C\CCCCCCC)COC(=O)CCCCCCCCCCCCC. The van der Waals surface area contributed by atoms with Gasteiger partial charge in [0.05, 0.1) is 0 Å². The van der Waals surface area contributed by atoms with Crippen LogP contribution in [-0.4, -0.2) is 37.2 Å². The predicted molar refractivity (Wildman–Crippen MR) is 297 cm³/mol. The van der Waals surface area contributed by atoms with Crippen molar-refractivity contribution >= 4 is 17.9 Å². The van der Waals surface area contributed by atoms with Gasteiger partial charge < -0.3 is 14.2 Å². The summed E-state index contributed by atoms with van der Waals surface area (Å²) in [6.45, 7) is 6.50. The Bertz CT molecular complexity index is 1330. The molecular formula is C63H108O6. The molecule has 6 nitrogen and oxygen atoms in total. The molecular weight excluding hydrogens is 853 g/mol. The molecule has 0 fully saturated rings. The summed E-state index contributed by atoms with van der Waals surface area (Å²) in [5.41, 5.74) is 0. The van der Waals surface area contributed by atoms with Crippen molar-refractivity contribution in [1.29, 1.82) is 0 Å². The molecule has 0 aromatic heterocycles. The monoisotopic (exact) mass is 961 g/mol. The lowest BCUT2D eigenvalue weighted by atomic mass is 10.1. The van der Waals surface area contributed by atoms with E-state index in [4.69, 9.17) is 14.2 Å². The summed E-state index contributed by atoms with van der Waals surface area (Å²) < 4.78 is 16.8. The van der Waals surface area contributed by atoms with Crippen molar-refractivity contribution in [3.05, 3.63) is 85.1 Å². The third kappa shape index (κ3) is 55.4. The third-order valence-corrected chi connectivity index (χ3v) is 12.4. The van der Waals surface area contributed by atoms with Crippen molar-refractivity contribution in [1.82, 2.24) is 0 Å². The molecule has 0 rings (SSSR count). The van der Waals surface area contributed by atoms with Gasteiger partial charge in [-0.2, -0.15) is 0 Å². The zero-order valence-electron chi connectivity index (χ0n) is 45.3. The smallest absolute Gasteiger partial charge is 0.306 e. The minimum atomic E-state index is -0.789. The van der Waals surface area contributed by atoms with Crippen LogP contribution in [0.25, 0.3) is 0 Å². The number of allylic oxidation sites excluding steroid dienone is 14. The lowest BCUT2D eigenvalue weighted by molar-refractivity contribution is -0.167. The number of rotatable bonds is 52. The van der Waals surface area contributed by atoms with Gasteiger partial charge in [0.1, 0.15) is 13.2 Å². The summed E-state index contributed by atoms with van der Waals surface area (Å²) >= 11 is 0. The first-order valence-electron chi connectivity index (χ1n) is 29.1. The van der Waals surface area contributed by atoms with E-state index in [0.29, 0.717) is 19.3 Å². The van der Waals surface area contributed by atoms with Crippen LogP contribution in [0.1, 0.15) is 278 Å². The topological polar surface area (TPSA) is 78.9 Å². The van der Waals surface area contributed by atoms with Gasteiger partial charge in [0, 0.05) is 19.3 Å². The van der Waals surface area contributed by atoms with Gasteiger partial charge in [-0.3, -0.25) is 14.4 Å². The van der Waals surface area contributed by atoms with E-state index in [0.717, 1.165) is 116 Å². The summed E-state index contributed by atoms with van der Waals surface area (Å²) in [7, 11) is 0. The zero-order chi connectivity index (χ0) is 50.0. The molecule has 0 saturated carbocycles. The summed E-state index contributed by atoms with van der Waals surface area (Å²) in [5.74, 6) is -0.907. The van der Waals surface area contributed by atoms with Crippen molar-refractivity contribution in [3.8, 4) is 0 Å². The number of hydrogen-bond donors (Lipinski definition) is 0. The first-order valence-corrected chi connectivity index (χ1v) is 29.1. The molecule has 0 aliphatic carbocycles. The second-order valence-electron chi connectivity index (χ2n) is 19.2. The lowest BCUT2D eigenvalue weighted by Gasteiger charge is -2.18. The maximum absolute atomic E-state index is 12.9. The minimum Gasteiger partial charge on any atom is -0.462 e. The minimum absolute atomic E-state index is 0.0853. The third-order valence-electron chi connectivity index (χ3n) is 12.4. The number of hydrogen-bond acceptors (Lipinski definition) is 6. The molecule has 0 aromatic rings. The number of unbranched alkanes of at least 4 members (excludes halogenated alkanes) is 27. The molecule has 0 amide bonds. The van der Waals surface area contributed by atoms with Crippen LogP contribution in [0, 0.1) is 0 Å². The normalized spacial score (nSPS) is 12.7. The highest BCUT2D eigenvalue weighted by Gasteiger charge is 2.19. The number of carbonyl (C=O) groups excluding carboxylic acids is 3. The van der Waals surface area contributed by atoms with E-state index in [1.165, 1.54) is 122 Å². The van der Waals surface area contributed by atoms with E-state index in [2.05, 4.69) is 106 Å². The zero-order valence-corrected chi connectivity index (χ0v) is 45.3. The second kappa shape index (κ2) is 57.2. The number of esters is 3. The van der Waals surface area contributed by atoms with E-state index >= 15 is 0 Å².